The van der Waals surface area contributed by atoms with Crippen molar-refractivity contribution in [2.75, 3.05) is 41.3 Å². The molecule has 36 heavy (non-hydrogen) atoms. The van der Waals surface area contributed by atoms with Crippen LogP contribution in [0.2, 0.25) is 0 Å². The highest BCUT2D eigenvalue weighted by atomic mass is 16.6. The van der Waals surface area contributed by atoms with Crippen molar-refractivity contribution in [1.29, 1.82) is 0 Å². The minimum atomic E-state index is -0.520. The van der Waals surface area contributed by atoms with Crippen LogP contribution in [0.15, 0.2) is 36.7 Å². The number of anilines is 3. The number of benzene rings is 1. The molecule has 4 heterocycles. The van der Waals surface area contributed by atoms with Gasteiger partial charge in [-0.3, -0.25) is 9.58 Å². The zero-order valence-electron chi connectivity index (χ0n) is 21.5. The zero-order chi connectivity index (χ0) is 25.6. The number of nitrogens with one attached hydrogen (secondary N) is 1. The van der Waals surface area contributed by atoms with Gasteiger partial charge in [0.15, 0.2) is 0 Å². The molecular weight excluding hydrogens is 458 g/mol. The molecule has 2 aliphatic rings. The van der Waals surface area contributed by atoms with Crippen molar-refractivity contribution >= 4 is 40.2 Å². The molecule has 2 aliphatic heterocycles. The van der Waals surface area contributed by atoms with Crippen molar-refractivity contribution in [3.63, 3.8) is 0 Å². The summed E-state index contributed by atoms with van der Waals surface area (Å²) in [6.07, 6.45) is 4.13. The Labute approximate surface area is 210 Å². The molecule has 10 nitrogen and oxygen atoms in total. The summed E-state index contributed by atoms with van der Waals surface area (Å²) in [7, 11) is 1.88. The Kier molecular flexibility index (Phi) is 5.97. The summed E-state index contributed by atoms with van der Waals surface area (Å²) < 4.78 is 7.34. The van der Waals surface area contributed by atoms with Gasteiger partial charge in [-0.2, -0.15) is 5.10 Å². The summed E-state index contributed by atoms with van der Waals surface area (Å²) in [4.78, 5) is 36.1. The van der Waals surface area contributed by atoms with E-state index in [0.717, 1.165) is 34.3 Å². The lowest BCUT2D eigenvalue weighted by Crippen LogP contribution is -2.55. The molecule has 0 unspecified atom stereocenters. The summed E-state index contributed by atoms with van der Waals surface area (Å²) >= 11 is 0. The Morgan fingerprint density at radius 1 is 1.14 bits per heavy atom. The minimum Gasteiger partial charge on any atom is -0.444 e. The number of pyridine rings is 1. The Bertz CT molecular complexity index is 1310. The maximum Gasteiger partial charge on any atom is 0.410 e. The van der Waals surface area contributed by atoms with Crippen LogP contribution in [0.1, 0.15) is 33.3 Å². The molecular formula is C26H33N7O3. The van der Waals surface area contributed by atoms with Gasteiger partial charge >= 0.3 is 12.1 Å². The van der Waals surface area contributed by atoms with E-state index in [2.05, 4.69) is 20.3 Å². The van der Waals surface area contributed by atoms with Crippen LogP contribution < -0.4 is 15.1 Å². The molecule has 0 saturated carbocycles. The molecule has 10 heteroatoms. The fourth-order valence-electron chi connectivity index (χ4n) is 4.95. The van der Waals surface area contributed by atoms with Crippen molar-refractivity contribution in [3.8, 4) is 0 Å². The van der Waals surface area contributed by atoms with Crippen molar-refractivity contribution in [2.24, 2.45) is 7.05 Å². The fraction of sp³-hybridized carbons (Fsp3) is 0.462. The Balaban J connectivity index is 1.29. The second-order valence-corrected chi connectivity index (χ2v) is 10.5. The Hall–Kier alpha value is -3.82. The van der Waals surface area contributed by atoms with Crippen molar-refractivity contribution in [2.45, 2.75) is 45.8 Å². The van der Waals surface area contributed by atoms with Gasteiger partial charge in [-0.05, 0) is 58.4 Å². The first-order chi connectivity index (χ1) is 17.1. The van der Waals surface area contributed by atoms with Crippen molar-refractivity contribution in [1.82, 2.24) is 19.7 Å². The SMILES string of the molecule is C[C@H]1CN(c2ccnc3c2CCN3C(=O)Nc2ccc3nn(C)cc3c2)CCN1C(=O)OC(C)(C)C. The highest BCUT2D eigenvalue weighted by Crippen LogP contribution is 2.35. The predicted octanol–water partition coefficient (Wildman–Crippen LogP) is 4.01. The topological polar surface area (TPSA) is 95.8 Å². The number of nitrogens with zero attached hydrogens (tertiary/aromatic N) is 6. The number of carbonyl (C=O) groups is 2. The number of urea groups is 1. The smallest absolute Gasteiger partial charge is 0.410 e. The monoisotopic (exact) mass is 491 g/mol. The first-order valence-electron chi connectivity index (χ1n) is 12.3. The number of carbonyl (C=O) groups excluding carboxylic acids is 2. The van der Waals surface area contributed by atoms with E-state index in [0.29, 0.717) is 32.0 Å². The Morgan fingerprint density at radius 2 is 1.94 bits per heavy atom. The molecule has 5 rings (SSSR count). The number of amides is 3. The predicted molar refractivity (Wildman–Crippen MR) is 140 cm³/mol. The molecule has 1 aromatic carbocycles. The van der Waals surface area contributed by atoms with Gasteiger partial charge in [0.2, 0.25) is 0 Å². The van der Waals surface area contributed by atoms with E-state index in [1.165, 1.54) is 0 Å². The number of rotatable bonds is 2. The van der Waals surface area contributed by atoms with Gasteiger partial charge in [0.1, 0.15) is 11.4 Å². The number of piperazine rings is 1. The molecule has 190 valence electrons. The summed E-state index contributed by atoms with van der Waals surface area (Å²) in [5, 5.41) is 8.36. The number of fused-ring (bicyclic) bond motifs is 2. The molecule has 1 N–H and O–H groups in total. The largest absolute Gasteiger partial charge is 0.444 e. The second-order valence-electron chi connectivity index (χ2n) is 10.5. The average Bonchev–Trinajstić information content (AvgIpc) is 3.40. The maximum atomic E-state index is 13.2. The molecule has 0 radical (unpaired) electrons. The van der Waals surface area contributed by atoms with Crippen molar-refractivity contribution < 1.29 is 14.3 Å². The molecule has 3 amide bonds. The van der Waals surface area contributed by atoms with E-state index >= 15 is 0 Å². The quantitative estimate of drug-likeness (QED) is 0.582. The van der Waals surface area contributed by atoms with Crippen LogP contribution in [0.25, 0.3) is 10.9 Å². The van der Waals surface area contributed by atoms with Gasteiger partial charge in [-0.1, -0.05) is 0 Å². The van der Waals surface area contributed by atoms with Gasteiger partial charge in [-0.25, -0.2) is 14.6 Å². The maximum absolute atomic E-state index is 13.2. The lowest BCUT2D eigenvalue weighted by atomic mass is 10.1. The number of aromatic nitrogens is 3. The lowest BCUT2D eigenvalue weighted by molar-refractivity contribution is 0.0159. The van der Waals surface area contributed by atoms with Gasteiger partial charge in [0.25, 0.3) is 0 Å². The van der Waals surface area contributed by atoms with E-state index in [-0.39, 0.29) is 18.2 Å². The van der Waals surface area contributed by atoms with Crippen LogP contribution in [0, 0.1) is 0 Å². The van der Waals surface area contributed by atoms with Crippen LogP contribution in [0.4, 0.5) is 26.8 Å². The standard InChI is InChI=1S/C26H33N7O3/c1-17-15-31(12-13-32(17)25(35)36-26(2,3)4)22-8-10-27-23-20(22)9-11-33(23)24(34)28-19-6-7-21-18(14-19)16-30(5)29-21/h6-8,10,14,16-17H,9,11-13,15H2,1-5H3,(H,28,34)/t17-/m0/s1. The summed E-state index contributed by atoms with van der Waals surface area (Å²) in [6, 6.07) is 7.49. The third-order valence-electron chi connectivity index (χ3n) is 6.56. The fourth-order valence-corrected chi connectivity index (χ4v) is 4.95. The van der Waals surface area contributed by atoms with Gasteiger partial charge in [0, 0.05) is 74.0 Å². The molecule has 0 aliphatic carbocycles. The number of hydrogen-bond acceptors (Lipinski definition) is 6. The van der Waals surface area contributed by atoms with Gasteiger partial charge in [-0.15, -0.1) is 0 Å². The molecule has 3 aromatic rings. The first kappa shape index (κ1) is 23.9. The molecule has 0 spiro atoms. The van der Waals surface area contributed by atoms with Crippen LogP contribution in [-0.2, 0) is 18.2 Å². The third-order valence-corrected chi connectivity index (χ3v) is 6.56. The number of aryl methyl sites for hydroxylation is 1. The summed E-state index contributed by atoms with van der Waals surface area (Å²) in [6.45, 7) is 10.2. The van der Waals surface area contributed by atoms with E-state index in [4.69, 9.17) is 4.74 Å². The molecule has 1 fully saturated rings. The van der Waals surface area contributed by atoms with Crippen LogP contribution in [-0.4, -0.2) is 69.6 Å². The summed E-state index contributed by atoms with van der Waals surface area (Å²) in [5.74, 6) is 0.690. The summed E-state index contributed by atoms with van der Waals surface area (Å²) in [5.41, 5.74) is 3.22. The lowest BCUT2D eigenvalue weighted by Gasteiger charge is -2.41. The van der Waals surface area contributed by atoms with Gasteiger partial charge in [0.05, 0.1) is 5.52 Å². The third kappa shape index (κ3) is 4.67. The van der Waals surface area contributed by atoms with E-state index in [1.54, 1.807) is 20.7 Å². The Morgan fingerprint density at radius 3 is 2.69 bits per heavy atom. The van der Waals surface area contributed by atoms with Crippen LogP contribution in [0.5, 0.6) is 0 Å². The molecule has 1 saturated heterocycles. The van der Waals surface area contributed by atoms with E-state index in [9.17, 15) is 9.59 Å². The number of hydrogen-bond donors (Lipinski definition) is 1. The van der Waals surface area contributed by atoms with E-state index in [1.807, 2.05) is 65.2 Å². The zero-order valence-corrected chi connectivity index (χ0v) is 21.5. The average molecular weight is 492 g/mol. The van der Waals surface area contributed by atoms with Gasteiger partial charge < -0.3 is 19.9 Å². The molecule has 2 aromatic heterocycles. The normalized spacial score (nSPS) is 17.9. The van der Waals surface area contributed by atoms with Crippen LogP contribution >= 0.6 is 0 Å². The minimum absolute atomic E-state index is 0.000568. The van der Waals surface area contributed by atoms with E-state index < -0.39 is 5.60 Å². The van der Waals surface area contributed by atoms with Crippen molar-refractivity contribution in [3.05, 3.63) is 42.2 Å². The van der Waals surface area contributed by atoms with Crippen LogP contribution in [0.3, 0.4) is 0 Å². The first-order valence-corrected chi connectivity index (χ1v) is 12.3. The second kappa shape index (κ2) is 9.00. The molecule has 1 atom stereocenters. The highest BCUT2D eigenvalue weighted by molar-refractivity contribution is 6.03. The molecule has 0 bridgehead atoms. The highest BCUT2D eigenvalue weighted by Gasteiger charge is 2.34. The number of ether oxygens (including phenoxy) is 1.